The smallest absolute Gasteiger partial charge is 0.127 e. The molecule has 1 aliphatic carbocycles. The number of benzene rings is 1. The first kappa shape index (κ1) is 16.5. The van der Waals surface area contributed by atoms with Gasteiger partial charge in [-0.3, -0.25) is 4.90 Å². The highest BCUT2D eigenvalue weighted by Gasteiger charge is 2.33. The van der Waals surface area contributed by atoms with Gasteiger partial charge in [0.1, 0.15) is 6.29 Å². The summed E-state index contributed by atoms with van der Waals surface area (Å²) >= 11 is 6.30. The second-order valence-electron chi connectivity index (χ2n) is 6.51. The van der Waals surface area contributed by atoms with E-state index in [2.05, 4.69) is 24.9 Å². The van der Waals surface area contributed by atoms with Gasteiger partial charge in [0.2, 0.25) is 0 Å². The number of halogens is 1. The number of hydrogen-bond donors (Lipinski definition) is 0. The fraction of sp³-hybridized carbons (Fsp3) is 0.611. The summed E-state index contributed by atoms with van der Waals surface area (Å²) in [7, 11) is 2.10. The maximum atomic E-state index is 11.7. The van der Waals surface area contributed by atoms with Gasteiger partial charge in [-0.25, -0.2) is 0 Å². The molecule has 0 N–H and O–H groups in total. The molecule has 2 rings (SSSR count). The summed E-state index contributed by atoms with van der Waals surface area (Å²) in [6.45, 7) is 2.99. The first-order valence-corrected chi connectivity index (χ1v) is 8.37. The van der Waals surface area contributed by atoms with Crippen molar-refractivity contribution in [3.63, 3.8) is 0 Å². The molecule has 1 unspecified atom stereocenters. The van der Waals surface area contributed by atoms with E-state index in [0.29, 0.717) is 0 Å². The minimum Gasteiger partial charge on any atom is -0.303 e. The number of aldehydes is 1. The predicted molar refractivity (Wildman–Crippen MR) is 88.7 cm³/mol. The van der Waals surface area contributed by atoms with E-state index in [4.69, 9.17) is 11.6 Å². The maximum absolute atomic E-state index is 11.7. The van der Waals surface area contributed by atoms with Crippen LogP contribution in [0.4, 0.5) is 0 Å². The molecule has 3 heteroatoms. The summed E-state index contributed by atoms with van der Waals surface area (Å²) in [6.07, 6.45) is 8.14. The molecule has 0 bridgehead atoms. The molecular weight excluding hydrogens is 282 g/mol. The lowest BCUT2D eigenvalue weighted by Crippen LogP contribution is -2.38. The molecule has 116 valence electrons. The van der Waals surface area contributed by atoms with Crippen LogP contribution in [0.2, 0.25) is 5.02 Å². The van der Waals surface area contributed by atoms with Gasteiger partial charge in [-0.2, -0.15) is 0 Å². The van der Waals surface area contributed by atoms with Gasteiger partial charge in [0.05, 0.1) is 0 Å². The van der Waals surface area contributed by atoms with Crippen molar-refractivity contribution in [3.05, 3.63) is 34.9 Å². The summed E-state index contributed by atoms with van der Waals surface area (Å²) in [6, 6.07) is 8.20. The topological polar surface area (TPSA) is 20.3 Å². The minimum atomic E-state index is -0.166. The fourth-order valence-electron chi connectivity index (χ4n) is 3.43. The Morgan fingerprint density at radius 2 is 1.86 bits per heavy atom. The Morgan fingerprint density at radius 1 is 1.24 bits per heavy atom. The van der Waals surface area contributed by atoms with Gasteiger partial charge in [-0.15, -0.1) is 0 Å². The Labute approximate surface area is 133 Å². The molecule has 0 aliphatic heterocycles. The van der Waals surface area contributed by atoms with E-state index in [1.165, 1.54) is 32.0 Å². The van der Waals surface area contributed by atoms with Crippen LogP contribution in [0.25, 0.3) is 0 Å². The number of hydrogen-bond acceptors (Lipinski definition) is 2. The highest BCUT2D eigenvalue weighted by Crippen LogP contribution is 2.36. The van der Waals surface area contributed by atoms with Crippen LogP contribution in [0.1, 0.15) is 57.1 Å². The third kappa shape index (κ3) is 4.08. The van der Waals surface area contributed by atoms with E-state index >= 15 is 0 Å². The van der Waals surface area contributed by atoms with Crippen LogP contribution >= 0.6 is 11.6 Å². The van der Waals surface area contributed by atoms with Crippen LogP contribution in [0, 0.1) is 5.41 Å². The number of carbonyl (C=O) groups excluding carboxylic acids is 1. The molecule has 1 atom stereocenters. The van der Waals surface area contributed by atoms with Crippen LogP contribution in [-0.4, -0.2) is 24.8 Å². The van der Waals surface area contributed by atoms with Gasteiger partial charge in [0, 0.05) is 23.0 Å². The van der Waals surface area contributed by atoms with Crippen LogP contribution in [0.15, 0.2) is 24.3 Å². The van der Waals surface area contributed by atoms with E-state index in [9.17, 15) is 4.79 Å². The van der Waals surface area contributed by atoms with Crippen LogP contribution in [0.5, 0.6) is 0 Å². The van der Waals surface area contributed by atoms with Crippen LogP contribution < -0.4 is 0 Å². The molecule has 0 heterocycles. The lowest BCUT2D eigenvalue weighted by atomic mass is 9.81. The SMILES string of the molecule is CC(c1ccccc1Cl)N(C)CC1(C=O)CCCCCC1. The zero-order chi connectivity index (χ0) is 15.3. The normalized spacial score (nSPS) is 20.0. The minimum absolute atomic E-state index is 0.166. The van der Waals surface area contributed by atoms with Gasteiger partial charge >= 0.3 is 0 Å². The monoisotopic (exact) mass is 307 g/mol. The Balaban J connectivity index is 2.10. The Morgan fingerprint density at radius 3 is 2.43 bits per heavy atom. The summed E-state index contributed by atoms with van der Waals surface area (Å²) in [4.78, 5) is 14.0. The van der Waals surface area contributed by atoms with Crippen molar-refractivity contribution < 1.29 is 4.79 Å². The van der Waals surface area contributed by atoms with Crippen molar-refractivity contribution in [2.45, 2.75) is 51.5 Å². The molecule has 1 aromatic rings. The first-order chi connectivity index (χ1) is 10.1. The maximum Gasteiger partial charge on any atom is 0.127 e. The van der Waals surface area contributed by atoms with Crippen molar-refractivity contribution in [2.75, 3.05) is 13.6 Å². The van der Waals surface area contributed by atoms with Gasteiger partial charge < -0.3 is 4.79 Å². The van der Waals surface area contributed by atoms with Crippen molar-refractivity contribution in [3.8, 4) is 0 Å². The average Bonchev–Trinajstić information content (AvgIpc) is 2.73. The summed E-state index contributed by atoms with van der Waals surface area (Å²) in [5.41, 5.74) is 0.970. The van der Waals surface area contributed by atoms with Crippen molar-refractivity contribution in [1.29, 1.82) is 0 Å². The quantitative estimate of drug-likeness (QED) is 0.571. The molecule has 0 aromatic heterocycles. The predicted octanol–water partition coefficient (Wildman–Crippen LogP) is 4.87. The van der Waals surface area contributed by atoms with Gasteiger partial charge in [-0.1, -0.05) is 55.5 Å². The second-order valence-corrected chi connectivity index (χ2v) is 6.91. The van der Waals surface area contributed by atoms with Gasteiger partial charge in [-0.05, 0) is 38.4 Å². The molecule has 0 saturated heterocycles. The molecule has 0 radical (unpaired) electrons. The second kappa shape index (κ2) is 7.42. The Kier molecular flexibility index (Phi) is 5.83. The highest BCUT2D eigenvalue weighted by molar-refractivity contribution is 6.31. The van der Waals surface area contributed by atoms with Crippen LogP contribution in [-0.2, 0) is 4.79 Å². The molecule has 1 aromatic carbocycles. The average molecular weight is 308 g/mol. The molecule has 0 amide bonds. The van der Waals surface area contributed by atoms with Crippen molar-refractivity contribution >= 4 is 17.9 Å². The van der Waals surface area contributed by atoms with Crippen LogP contribution in [0.3, 0.4) is 0 Å². The lowest BCUT2D eigenvalue weighted by molar-refractivity contribution is -0.118. The Bertz CT molecular complexity index is 466. The van der Waals surface area contributed by atoms with Crippen molar-refractivity contribution in [2.24, 2.45) is 5.41 Å². The third-order valence-electron chi connectivity index (χ3n) is 4.93. The van der Waals surface area contributed by atoms with Crippen molar-refractivity contribution in [1.82, 2.24) is 4.90 Å². The first-order valence-electron chi connectivity index (χ1n) is 7.99. The van der Waals surface area contributed by atoms with E-state index in [1.54, 1.807) is 0 Å². The largest absolute Gasteiger partial charge is 0.303 e. The summed E-state index contributed by atoms with van der Waals surface area (Å²) < 4.78 is 0. The summed E-state index contributed by atoms with van der Waals surface area (Å²) in [5, 5.41) is 0.804. The molecule has 2 nitrogen and oxygen atoms in total. The molecule has 1 saturated carbocycles. The molecule has 21 heavy (non-hydrogen) atoms. The lowest BCUT2D eigenvalue weighted by Gasteiger charge is -2.35. The standard InChI is InChI=1S/C18H26ClNO/c1-15(16-9-5-6-10-17(16)19)20(2)13-18(14-21)11-7-3-4-8-12-18/h5-6,9-10,14-15H,3-4,7-8,11-13H2,1-2H3. The molecular formula is C18H26ClNO. The number of carbonyl (C=O) groups is 1. The van der Waals surface area contributed by atoms with E-state index in [1.807, 2.05) is 18.2 Å². The Hall–Kier alpha value is -0.860. The van der Waals surface area contributed by atoms with Gasteiger partial charge in [0.25, 0.3) is 0 Å². The number of rotatable bonds is 5. The fourth-order valence-corrected chi connectivity index (χ4v) is 3.72. The van der Waals surface area contributed by atoms with E-state index in [-0.39, 0.29) is 11.5 Å². The third-order valence-corrected chi connectivity index (χ3v) is 5.27. The zero-order valence-corrected chi connectivity index (χ0v) is 13.9. The zero-order valence-electron chi connectivity index (χ0n) is 13.1. The molecule has 1 aliphatic rings. The molecule has 1 fully saturated rings. The van der Waals surface area contributed by atoms with E-state index < -0.39 is 0 Å². The van der Waals surface area contributed by atoms with Gasteiger partial charge in [0.15, 0.2) is 0 Å². The summed E-state index contributed by atoms with van der Waals surface area (Å²) in [5.74, 6) is 0. The highest BCUT2D eigenvalue weighted by atomic mass is 35.5. The molecule has 0 spiro atoms. The number of nitrogens with zero attached hydrogens (tertiary/aromatic N) is 1. The van der Waals surface area contributed by atoms with E-state index in [0.717, 1.165) is 30.0 Å².